The van der Waals surface area contributed by atoms with Crippen LogP contribution in [0, 0.1) is 12.7 Å². The van der Waals surface area contributed by atoms with Gasteiger partial charge in [0.15, 0.2) is 17.1 Å². The first-order valence-electron chi connectivity index (χ1n) is 10.9. The first-order valence-corrected chi connectivity index (χ1v) is 13.1. The lowest BCUT2D eigenvalue weighted by atomic mass is 10.1. The molecular formula is C23H26ClFN4O4S2. The number of hydrogen-bond acceptors (Lipinski definition) is 8. The Morgan fingerprint density at radius 3 is 2.69 bits per heavy atom. The van der Waals surface area contributed by atoms with E-state index in [1.165, 1.54) is 48.4 Å². The predicted molar refractivity (Wildman–Crippen MR) is 135 cm³/mol. The quantitative estimate of drug-likeness (QED) is 0.261. The van der Waals surface area contributed by atoms with E-state index in [1.807, 2.05) is 25.3 Å². The van der Waals surface area contributed by atoms with Crippen LogP contribution in [0.1, 0.15) is 53.5 Å². The molecule has 0 aliphatic rings. The van der Waals surface area contributed by atoms with E-state index in [-0.39, 0.29) is 16.7 Å². The number of benzene rings is 1. The molecule has 1 unspecified atom stereocenters. The van der Waals surface area contributed by atoms with Crippen LogP contribution in [0.2, 0.25) is 5.02 Å². The highest BCUT2D eigenvalue weighted by molar-refractivity contribution is 7.99. The minimum Gasteiger partial charge on any atom is -0.481 e. The van der Waals surface area contributed by atoms with E-state index in [2.05, 4.69) is 15.5 Å². The highest BCUT2D eigenvalue weighted by Gasteiger charge is 2.24. The van der Waals surface area contributed by atoms with Crippen molar-refractivity contribution in [3.8, 4) is 5.75 Å². The third-order valence-corrected chi connectivity index (χ3v) is 7.49. The number of methoxy groups -OCH3 is 1. The number of nitrogens with one attached hydrogen (secondary N) is 1. The molecule has 0 saturated heterocycles. The van der Waals surface area contributed by atoms with Gasteiger partial charge >= 0.3 is 5.97 Å². The maximum atomic E-state index is 13.3. The molecular weight excluding hydrogens is 515 g/mol. The van der Waals surface area contributed by atoms with Crippen molar-refractivity contribution < 1.29 is 23.5 Å². The number of aromatic nitrogens is 3. The molecule has 1 amide bonds. The van der Waals surface area contributed by atoms with Gasteiger partial charge < -0.3 is 19.4 Å². The van der Waals surface area contributed by atoms with Crippen LogP contribution in [-0.2, 0) is 22.5 Å². The molecule has 0 aliphatic heterocycles. The van der Waals surface area contributed by atoms with Crippen molar-refractivity contribution in [1.29, 1.82) is 0 Å². The first kappa shape index (κ1) is 27.0. The minimum absolute atomic E-state index is 0.0657. The van der Waals surface area contributed by atoms with E-state index in [0.29, 0.717) is 40.3 Å². The number of anilines is 1. The lowest BCUT2D eigenvalue weighted by Gasteiger charge is -2.16. The van der Waals surface area contributed by atoms with Gasteiger partial charge in [0, 0.05) is 11.4 Å². The van der Waals surface area contributed by atoms with Crippen LogP contribution in [-0.4, -0.2) is 39.5 Å². The van der Waals surface area contributed by atoms with Crippen LogP contribution >= 0.6 is 34.7 Å². The van der Waals surface area contributed by atoms with E-state index in [0.717, 1.165) is 10.4 Å². The molecule has 12 heteroatoms. The average Bonchev–Trinajstić information content (AvgIpc) is 3.38. The summed E-state index contributed by atoms with van der Waals surface area (Å²) in [7, 11) is 1.32. The van der Waals surface area contributed by atoms with Gasteiger partial charge in [-0.15, -0.1) is 21.5 Å². The third kappa shape index (κ3) is 6.14. The predicted octanol–water partition coefficient (Wildman–Crippen LogP) is 5.68. The molecule has 1 aromatic carbocycles. The number of carbonyl (C=O) groups is 2. The first-order chi connectivity index (χ1) is 16.7. The van der Waals surface area contributed by atoms with Gasteiger partial charge in [-0.05, 0) is 51.0 Å². The van der Waals surface area contributed by atoms with Gasteiger partial charge in [-0.2, -0.15) is 0 Å². The Labute approximate surface area is 216 Å². The van der Waals surface area contributed by atoms with Crippen LogP contribution in [0.4, 0.5) is 9.39 Å². The Balaban J connectivity index is 1.70. The van der Waals surface area contributed by atoms with Crippen LogP contribution < -0.4 is 10.1 Å². The molecule has 188 valence electrons. The average molecular weight is 541 g/mol. The van der Waals surface area contributed by atoms with Crippen molar-refractivity contribution in [3.05, 3.63) is 50.9 Å². The number of rotatable bonds is 10. The van der Waals surface area contributed by atoms with Crippen molar-refractivity contribution in [3.63, 3.8) is 0 Å². The fourth-order valence-corrected chi connectivity index (χ4v) is 5.69. The third-order valence-electron chi connectivity index (χ3n) is 5.16. The standard InChI is InChI=1S/C23H26ClFN4O4S2/c1-6-15-13(4)35-21(19(15)22(31)32-5)26-18(30)11-34-23-28-27-20(29(23)7-2)12(3)33-17-9-8-14(25)10-16(17)24/h8-10,12H,6-7,11H2,1-5H3,(H,26,30). The van der Waals surface area contributed by atoms with E-state index >= 15 is 0 Å². The van der Waals surface area contributed by atoms with Gasteiger partial charge in [-0.25, -0.2) is 9.18 Å². The number of ether oxygens (including phenoxy) is 2. The summed E-state index contributed by atoms with van der Waals surface area (Å²) in [5, 5.41) is 12.4. The molecule has 0 fully saturated rings. The van der Waals surface area contributed by atoms with E-state index < -0.39 is 17.9 Å². The Kier molecular flexibility index (Phi) is 9.15. The van der Waals surface area contributed by atoms with Crippen LogP contribution in [0.25, 0.3) is 0 Å². The minimum atomic E-state index is -0.516. The molecule has 1 atom stereocenters. The Morgan fingerprint density at radius 2 is 2.06 bits per heavy atom. The van der Waals surface area contributed by atoms with Gasteiger partial charge in [0.25, 0.3) is 0 Å². The Morgan fingerprint density at radius 1 is 1.31 bits per heavy atom. The molecule has 8 nitrogen and oxygen atoms in total. The molecule has 2 aromatic heterocycles. The van der Waals surface area contributed by atoms with Crippen LogP contribution in [0.15, 0.2) is 23.4 Å². The smallest absolute Gasteiger partial charge is 0.341 e. The monoisotopic (exact) mass is 540 g/mol. The lowest BCUT2D eigenvalue weighted by molar-refractivity contribution is -0.113. The molecule has 2 heterocycles. The largest absolute Gasteiger partial charge is 0.481 e. The number of nitrogens with zero attached hydrogens (tertiary/aromatic N) is 3. The number of hydrogen-bond donors (Lipinski definition) is 1. The lowest BCUT2D eigenvalue weighted by Crippen LogP contribution is -2.17. The number of carbonyl (C=O) groups excluding carboxylic acids is 2. The summed E-state index contributed by atoms with van der Waals surface area (Å²) in [5.41, 5.74) is 1.27. The molecule has 0 radical (unpaired) electrons. The Hall–Kier alpha value is -2.63. The van der Waals surface area contributed by atoms with Crippen molar-refractivity contribution in [2.45, 2.75) is 51.9 Å². The second kappa shape index (κ2) is 11.9. The fraction of sp³-hybridized carbons (Fsp3) is 0.391. The zero-order chi connectivity index (χ0) is 25.7. The highest BCUT2D eigenvalue weighted by Crippen LogP contribution is 2.34. The summed E-state index contributed by atoms with van der Waals surface area (Å²) >= 11 is 8.64. The van der Waals surface area contributed by atoms with E-state index in [4.69, 9.17) is 21.1 Å². The molecule has 0 spiro atoms. The van der Waals surface area contributed by atoms with Crippen LogP contribution in [0.5, 0.6) is 5.75 Å². The second-order valence-corrected chi connectivity index (χ2v) is 10.0. The van der Waals surface area contributed by atoms with Crippen LogP contribution in [0.3, 0.4) is 0 Å². The van der Waals surface area contributed by atoms with Gasteiger partial charge in [-0.3, -0.25) is 4.79 Å². The SMILES string of the molecule is CCc1c(C)sc(NC(=O)CSc2nnc(C(C)Oc3ccc(F)cc3Cl)n2CC)c1C(=O)OC. The molecule has 35 heavy (non-hydrogen) atoms. The van der Waals surface area contributed by atoms with Crippen molar-refractivity contribution in [2.24, 2.45) is 0 Å². The molecule has 0 saturated carbocycles. The maximum absolute atomic E-state index is 13.3. The molecule has 3 rings (SSSR count). The summed E-state index contributed by atoms with van der Waals surface area (Å²) < 4.78 is 25.9. The summed E-state index contributed by atoms with van der Waals surface area (Å²) in [6.07, 6.45) is 0.140. The topological polar surface area (TPSA) is 95.3 Å². The molecule has 0 bridgehead atoms. The van der Waals surface area contributed by atoms with E-state index in [9.17, 15) is 14.0 Å². The molecule has 0 aliphatic carbocycles. The van der Waals surface area contributed by atoms with Gasteiger partial charge in [-0.1, -0.05) is 30.3 Å². The molecule has 1 N–H and O–H groups in total. The number of thioether (sulfide) groups is 1. The summed E-state index contributed by atoms with van der Waals surface area (Å²) in [5.74, 6) is -0.260. The number of amides is 1. The van der Waals surface area contributed by atoms with Crippen molar-refractivity contribution in [2.75, 3.05) is 18.2 Å². The number of thiophene rings is 1. The number of halogens is 2. The second-order valence-electron chi connectivity index (χ2n) is 7.44. The number of aryl methyl sites for hydroxylation is 1. The highest BCUT2D eigenvalue weighted by atomic mass is 35.5. The Bertz CT molecular complexity index is 1230. The van der Waals surface area contributed by atoms with Gasteiger partial charge in [0.1, 0.15) is 16.6 Å². The fourth-order valence-electron chi connectivity index (χ4n) is 3.52. The van der Waals surface area contributed by atoms with Crippen molar-refractivity contribution in [1.82, 2.24) is 14.8 Å². The van der Waals surface area contributed by atoms with E-state index in [1.54, 1.807) is 6.92 Å². The van der Waals surface area contributed by atoms with Crippen molar-refractivity contribution >= 4 is 51.6 Å². The molecule has 3 aromatic rings. The maximum Gasteiger partial charge on any atom is 0.341 e. The number of esters is 1. The zero-order valence-corrected chi connectivity index (χ0v) is 22.4. The summed E-state index contributed by atoms with van der Waals surface area (Å²) in [6, 6.07) is 3.90. The summed E-state index contributed by atoms with van der Waals surface area (Å²) in [4.78, 5) is 25.9. The van der Waals surface area contributed by atoms with Gasteiger partial charge in [0.05, 0.1) is 23.4 Å². The zero-order valence-electron chi connectivity index (χ0n) is 20.0. The normalized spacial score (nSPS) is 11.9. The van der Waals surface area contributed by atoms with Gasteiger partial charge in [0.2, 0.25) is 5.91 Å². The summed E-state index contributed by atoms with van der Waals surface area (Å²) in [6.45, 7) is 8.13.